The molecule has 1 aromatic rings. The average molecular weight is 486 g/mol. The highest BCUT2D eigenvalue weighted by Crippen LogP contribution is 2.34. The fraction of sp³-hybridized carbons (Fsp3) is 0.708. The van der Waals surface area contributed by atoms with Crippen LogP contribution in [0.1, 0.15) is 81.1 Å². The summed E-state index contributed by atoms with van der Waals surface area (Å²) in [6.45, 7) is 9.40. The smallest absolute Gasteiger partial charge is 0.251 e. The zero-order valence-corrected chi connectivity index (χ0v) is 21.4. The van der Waals surface area contributed by atoms with Gasteiger partial charge in [0.15, 0.2) is 0 Å². The Balaban J connectivity index is 0.00000363. The number of benzene rings is 1. The SMILES string of the molecule is CCCS(=O)(=O)N1CCN(C2(CNC(=O)c3ccc(C(C)C)cc3)CCCCC2)CC1.Cl. The van der Waals surface area contributed by atoms with Gasteiger partial charge >= 0.3 is 0 Å². The van der Waals surface area contributed by atoms with E-state index in [0.717, 1.165) is 38.8 Å². The molecule has 2 fully saturated rings. The second-order valence-electron chi connectivity index (χ2n) is 9.45. The Kier molecular flexibility index (Phi) is 10.0. The van der Waals surface area contributed by atoms with Gasteiger partial charge in [0.05, 0.1) is 5.75 Å². The first-order valence-electron chi connectivity index (χ1n) is 11.9. The Labute approximate surface area is 200 Å². The highest BCUT2D eigenvalue weighted by Gasteiger charge is 2.40. The molecule has 1 heterocycles. The number of piperazine rings is 1. The molecule has 8 heteroatoms. The monoisotopic (exact) mass is 485 g/mol. The highest BCUT2D eigenvalue weighted by atomic mass is 35.5. The lowest BCUT2D eigenvalue weighted by atomic mass is 9.79. The minimum Gasteiger partial charge on any atom is -0.350 e. The number of hydrogen-bond donors (Lipinski definition) is 1. The van der Waals surface area contributed by atoms with Crippen molar-refractivity contribution in [3.63, 3.8) is 0 Å². The third-order valence-corrected chi connectivity index (χ3v) is 9.04. The number of nitrogens with one attached hydrogen (secondary N) is 1. The molecule has 1 aromatic carbocycles. The van der Waals surface area contributed by atoms with E-state index in [-0.39, 0.29) is 29.6 Å². The van der Waals surface area contributed by atoms with Crippen LogP contribution in [0.25, 0.3) is 0 Å². The van der Waals surface area contributed by atoms with Crippen molar-refractivity contribution in [1.82, 2.24) is 14.5 Å². The number of nitrogens with zero attached hydrogens (tertiary/aromatic N) is 2. The maximum absolute atomic E-state index is 12.8. The van der Waals surface area contributed by atoms with Crippen molar-refractivity contribution < 1.29 is 13.2 Å². The van der Waals surface area contributed by atoms with E-state index in [1.807, 2.05) is 31.2 Å². The van der Waals surface area contributed by atoms with E-state index in [4.69, 9.17) is 0 Å². The van der Waals surface area contributed by atoms with E-state index in [0.29, 0.717) is 37.5 Å². The van der Waals surface area contributed by atoms with Crippen LogP contribution in [0.5, 0.6) is 0 Å². The van der Waals surface area contributed by atoms with Gasteiger partial charge in [0.25, 0.3) is 5.91 Å². The molecule has 1 saturated heterocycles. The number of hydrogen-bond acceptors (Lipinski definition) is 4. The van der Waals surface area contributed by atoms with Crippen LogP contribution in [0.4, 0.5) is 0 Å². The third kappa shape index (κ3) is 6.46. The predicted octanol–water partition coefficient (Wildman–Crippen LogP) is 4.02. The summed E-state index contributed by atoms with van der Waals surface area (Å²) in [6.07, 6.45) is 6.32. The van der Waals surface area contributed by atoms with E-state index in [1.54, 1.807) is 4.31 Å². The molecule has 0 atom stereocenters. The Morgan fingerprint density at radius 2 is 1.62 bits per heavy atom. The van der Waals surface area contributed by atoms with Crippen molar-refractivity contribution in [1.29, 1.82) is 0 Å². The van der Waals surface area contributed by atoms with Gasteiger partial charge in [0.2, 0.25) is 10.0 Å². The molecule has 0 spiro atoms. The van der Waals surface area contributed by atoms with Crippen LogP contribution in [-0.4, -0.2) is 67.5 Å². The molecule has 6 nitrogen and oxygen atoms in total. The first-order valence-corrected chi connectivity index (χ1v) is 13.5. The van der Waals surface area contributed by atoms with Crippen molar-refractivity contribution in [2.45, 2.75) is 70.8 Å². The lowest BCUT2D eigenvalue weighted by molar-refractivity contribution is 0.0240. The predicted molar refractivity (Wildman–Crippen MR) is 133 cm³/mol. The summed E-state index contributed by atoms with van der Waals surface area (Å²) in [5.41, 5.74) is 1.87. The normalized spacial score (nSPS) is 20.0. The van der Waals surface area contributed by atoms with Crippen molar-refractivity contribution >= 4 is 28.3 Å². The molecule has 1 amide bonds. The van der Waals surface area contributed by atoms with Crippen LogP contribution in [-0.2, 0) is 10.0 Å². The molecule has 32 heavy (non-hydrogen) atoms. The van der Waals surface area contributed by atoms with E-state index in [9.17, 15) is 13.2 Å². The van der Waals surface area contributed by atoms with E-state index in [1.165, 1.54) is 12.0 Å². The van der Waals surface area contributed by atoms with E-state index < -0.39 is 10.0 Å². The first-order chi connectivity index (χ1) is 14.8. The second kappa shape index (κ2) is 11.8. The van der Waals surface area contributed by atoms with Gasteiger partial charge < -0.3 is 5.32 Å². The molecule has 3 rings (SSSR count). The van der Waals surface area contributed by atoms with Gasteiger partial charge in [-0.1, -0.05) is 52.2 Å². The van der Waals surface area contributed by atoms with Gasteiger partial charge in [0.1, 0.15) is 0 Å². The molecule has 2 aliphatic rings. The first kappa shape index (κ1) is 27.1. The summed E-state index contributed by atoms with van der Waals surface area (Å²) >= 11 is 0. The molecule has 182 valence electrons. The number of halogens is 1. The molecular formula is C24H40ClN3O3S. The summed E-state index contributed by atoms with van der Waals surface area (Å²) in [7, 11) is -3.14. The van der Waals surface area contributed by atoms with Gasteiger partial charge in [-0.3, -0.25) is 9.69 Å². The zero-order valence-electron chi connectivity index (χ0n) is 19.8. The number of carbonyl (C=O) groups excluding carboxylic acids is 1. The van der Waals surface area contributed by atoms with Crippen LogP contribution < -0.4 is 5.32 Å². The van der Waals surface area contributed by atoms with Crippen LogP contribution >= 0.6 is 12.4 Å². The lowest BCUT2D eigenvalue weighted by Crippen LogP contribution is -2.62. The third-order valence-electron chi connectivity index (χ3n) is 6.97. The quantitative estimate of drug-likeness (QED) is 0.603. The van der Waals surface area contributed by atoms with Crippen LogP contribution in [0, 0.1) is 0 Å². The zero-order chi connectivity index (χ0) is 22.5. The summed E-state index contributed by atoms with van der Waals surface area (Å²) in [5, 5.41) is 3.20. The Morgan fingerprint density at radius 1 is 1.03 bits per heavy atom. The van der Waals surface area contributed by atoms with E-state index >= 15 is 0 Å². The molecule has 1 saturated carbocycles. The fourth-order valence-corrected chi connectivity index (χ4v) is 6.50. The van der Waals surface area contributed by atoms with Crippen LogP contribution in [0.3, 0.4) is 0 Å². The van der Waals surface area contributed by atoms with Crippen molar-refractivity contribution in [2.75, 3.05) is 38.5 Å². The van der Waals surface area contributed by atoms with Crippen LogP contribution in [0.15, 0.2) is 24.3 Å². The molecule has 1 N–H and O–H groups in total. The van der Waals surface area contributed by atoms with Gasteiger partial charge in [-0.2, -0.15) is 4.31 Å². The minimum absolute atomic E-state index is 0. The summed E-state index contributed by atoms with van der Waals surface area (Å²) in [5.74, 6) is 0.649. The Morgan fingerprint density at radius 3 is 2.16 bits per heavy atom. The summed E-state index contributed by atoms with van der Waals surface area (Å²) in [4.78, 5) is 15.3. The van der Waals surface area contributed by atoms with Gasteiger partial charge in [0, 0.05) is 43.8 Å². The second-order valence-corrected chi connectivity index (χ2v) is 11.5. The van der Waals surface area contributed by atoms with Crippen LogP contribution in [0.2, 0.25) is 0 Å². The summed E-state index contributed by atoms with van der Waals surface area (Å²) < 4.78 is 26.5. The van der Waals surface area contributed by atoms with Gasteiger partial charge in [-0.25, -0.2) is 8.42 Å². The van der Waals surface area contributed by atoms with Crippen molar-refractivity contribution in [2.24, 2.45) is 0 Å². The lowest BCUT2D eigenvalue weighted by Gasteiger charge is -2.49. The van der Waals surface area contributed by atoms with Crippen molar-refractivity contribution in [3.8, 4) is 0 Å². The number of carbonyl (C=O) groups is 1. The van der Waals surface area contributed by atoms with Gasteiger partial charge in [-0.05, 0) is 42.9 Å². The standard InChI is InChI=1S/C24H39N3O3S.ClH/c1-4-18-31(29,30)27-16-14-26(15-17-27)24(12-6-5-7-13-24)19-25-23(28)22-10-8-21(9-11-22)20(2)3;/h8-11,20H,4-7,12-19H2,1-3H3,(H,25,28);1H. The maximum atomic E-state index is 12.8. The van der Waals surface area contributed by atoms with E-state index in [2.05, 4.69) is 24.1 Å². The maximum Gasteiger partial charge on any atom is 0.251 e. The van der Waals surface area contributed by atoms with Gasteiger partial charge in [-0.15, -0.1) is 12.4 Å². The Bertz CT molecular complexity index is 829. The topological polar surface area (TPSA) is 69.7 Å². The largest absolute Gasteiger partial charge is 0.350 e. The average Bonchev–Trinajstić information content (AvgIpc) is 2.78. The summed E-state index contributed by atoms with van der Waals surface area (Å²) in [6, 6.07) is 7.89. The number of amides is 1. The molecule has 0 unspecified atom stereocenters. The molecule has 1 aliphatic carbocycles. The molecular weight excluding hydrogens is 446 g/mol. The Hall–Kier alpha value is -1.15. The molecule has 0 radical (unpaired) electrons. The molecule has 0 bridgehead atoms. The number of sulfonamides is 1. The van der Waals surface area contributed by atoms with Crippen molar-refractivity contribution in [3.05, 3.63) is 35.4 Å². The molecule has 0 aromatic heterocycles. The number of rotatable bonds is 8. The molecule has 1 aliphatic heterocycles. The highest BCUT2D eigenvalue weighted by molar-refractivity contribution is 7.89. The minimum atomic E-state index is -3.14. The fourth-order valence-electron chi connectivity index (χ4n) is 5.01.